The first kappa shape index (κ1) is 15.5. The van der Waals surface area contributed by atoms with Gasteiger partial charge in [-0.2, -0.15) is 0 Å². The lowest BCUT2D eigenvalue weighted by Crippen LogP contribution is -2.42. The molecule has 1 fully saturated rings. The molecule has 1 N–H and O–H groups in total. The highest BCUT2D eigenvalue weighted by Gasteiger charge is 2.28. The largest absolute Gasteiger partial charge is 0.444 e. The maximum atomic E-state index is 13.8. The van der Waals surface area contributed by atoms with Crippen molar-refractivity contribution in [1.29, 1.82) is 0 Å². The first-order chi connectivity index (χ1) is 9.87. The molecule has 1 saturated heterocycles. The first-order valence-electron chi connectivity index (χ1n) is 7.21. The summed E-state index contributed by atoms with van der Waals surface area (Å²) >= 11 is 0. The third-order valence-electron chi connectivity index (χ3n) is 3.27. The summed E-state index contributed by atoms with van der Waals surface area (Å²) in [4.78, 5) is 17.7. The average molecular weight is 295 g/mol. The number of amides is 1. The second-order valence-electron chi connectivity index (χ2n) is 6.18. The van der Waals surface area contributed by atoms with Gasteiger partial charge in [0.15, 0.2) is 11.6 Å². The number of pyridine rings is 1. The molecular formula is C15H22FN3O2. The molecule has 6 heteroatoms. The van der Waals surface area contributed by atoms with Gasteiger partial charge in [0.2, 0.25) is 0 Å². The molecule has 1 aliphatic heterocycles. The fraction of sp³-hybridized carbons (Fsp3) is 0.600. The van der Waals surface area contributed by atoms with Crippen molar-refractivity contribution in [3.8, 4) is 0 Å². The highest BCUT2D eigenvalue weighted by Crippen LogP contribution is 2.25. The van der Waals surface area contributed by atoms with Gasteiger partial charge >= 0.3 is 6.09 Å². The van der Waals surface area contributed by atoms with Gasteiger partial charge < -0.3 is 15.0 Å². The number of hydrogen-bond donors (Lipinski definition) is 1. The number of carbonyl (C=O) groups excluding carboxylic acids is 1. The number of halogens is 1. The van der Waals surface area contributed by atoms with Crippen LogP contribution in [0.4, 0.5) is 15.0 Å². The maximum absolute atomic E-state index is 13.8. The molecule has 116 valence electrons. The minimum atomic E-state index is -0.521. The van der Waals surface area contributed by atoms with Gasteiger partial charge in [0, 0.05) is 25.3 Å². The molecule has 1 atom stereocenters. The molecule has 0 saturated carbocycles. The monoisotopic (exact) mass is 295 g/mol. The van der Waals surface area contributed by atoms with Gasteiger partial charge in [-0.3, -0.25) is 0 Å². The van der Waals surface area contributed by atoms with Crippen molar-refractivity contribution < 1.29 is 13.9 Å². The lowest BCUT2D eigenvalue weighted by Gasteiger charge is -2.27. The molecule has 0 radical (unpaired) electrons. The number of nitrogens with zero attached hydrogens (tertiary/aromatic N) is 2. The van der Waals surface area contributed by atoms with Crippen LogP contribution in [-0.2, 0) is 4.74 Å². The number of alkyl carbamates (subject to hydrolysis) is 1. The Labute approximate surface area is 124 Å². The van der Waals surface area contributed by atoms with Crippen LogP contribution in [0.2, 0.25) is 0 Å². The van der Waals surface area contributed by atoms with Crippen LogP contribution in [0, 0.1) is 5.82 Å². The van der Waals surface area contributed by atoms with Gasteiger partial charge in [-0.1, -0.05) is 0 Å². The van der Waals surface area contributed by atoms with Crippen molar-refractivity contribution in [3.63, 3.8) is 0 Å². The smallest absolute Gasteiger partial charge is 0.407 e. The third kappa shape index (κ3) is 4.31. The summed E-state index contributed by atoms with van der Waals surface area (Å²) in [5, 5.41) is 2.75. The van der Waals surface area contributed by atoms with Crippen molar-refractivity contribution in [2.24, 2.45) is 0 Å². The zero-order valence-electron chi connectivity index (χ0n) is 12.7. The van der Waals surface area contributed by atoms with Crippen LogP contribution in [0.3, 0.4) is 0 Å². The maximum Gasteiger partial charge on any atom is 0.407 e. The fourth-order valence-electron chi connectivity index (χ4n) is 2.43. The Morgan fingerprint density at radius 1 is 1.57 bits per heavy atom. The van der Waals surface area contributed by atoms with E-state index in [-0.39, 0.29) is 11.9 Å². The van der Waals surface area contributed by atoms with Gasteiger partial charge in [0.25, 0.3) is 0 Å². The van der Waals surface area contributed by atoms with Crippen molar-refractivity contribution in [2.75, 3.05) is 18.0 Å². The molecule has 5 nitrogen and oxygen atoms in total. The highest BCUT2D eigenvalue weighted by molar-refractivity contribution is 5.67. The number of anilines is 1. The normalized spacial score (nSPS) is 18.7. The van der Waals surface area contributed by atoms with E-state index in [1.54, 1.807) is 12.3 Å². The Bertz CT molecular complexity index is 502. The van der Waals surface area contributed by atoms with Crippen LogP contribution in [-0.4, -0.2) is 35.8 Å². The molecule has 1 unspecified atom stereocenters. The lowest BCUT2D eigenvalue weighted by atomic mass is 10.2. The molecular weight excluding hydrogens is 273 g/mol. The van der Waals surface area contributed by atoms with Gasteiger partial charge in [0.05, 0.1) is 0 Å². The van der Waals surface area contributed by atoms with Crippen LogP contribution in [0.1, 0.15) is 33.6 Å². The van der Waals surface area contributed by atoms with Gasteiger partial charge in [-0.25, -0.2) is 14.2 Å². The Kier molecular flexibility index (Phi) is 4.65. The van der Waals surface area contributed by atoms with E-state index in [4.69, 9.17) is 4.74 Å². The lowest BCUT2D eigenvalue weighted by molar-refractivity contribution is 0.0525. The van der Waals surface area contributed by atoms with E-state index in [0.717, 1.165) is 19.4 Å². The number of hydrogen-bond acceptors (Lipinski definition) is 4. The van der Waals surface area contributed by atoms with E-state index < -0.39 is 11.7 Å². The van der Waals surface area contributed by atoms with E-state index in [1.807, 2.05) is 25.7 Å². The molecule has 0 aromatic carbocycles. The van der Waals surface area contributed by atoms with Crippen molar-refractivity contribution in [2.45, 2.75) is 45.3 Å². The molecule has 0 aliphatic carbocycles. The summed E-state index contributed by atoms with van der Waals surface area (Å²) in [5.74, 6) is 0.0210. The van der Waals surface area contributed by atoms with E-state index in [2.05, 4.69) is 10.3 Å². The van der Waals surface area contributed by atoms with Crippen LogP contribution in [0.25, 0.3) is 0 Å². The first-order valence-corrected chi connectivity index (χ1v) is 7.21. The number of aromatic nitrogens is 1. The predicted octanol–water partition coefficient (Wildman–Crippen LogP) is 2.71. The summed E-state index contributed by atoms with van der Waals surface area (Å²) in [6, 6.07) is 3.02. The van der Waals surface area contributed by atoms with E-state index in [9.17, 15) is 9.18 Å². The molecule has 2 rings (SSSR count). The minimum absolute atomic E-state index is 0.0434. The summed E-state index contributed by atoms with van der Waals surface area (Å²) in [6.07, 6.45) is 2.98. The van der Waals surface area contributed by atoms with E-state index >= 15 is 0 Å². The topological polar surface area (TPSA) is 54.5 Å². The molecule has 1 aliphatic rings. The molecule has 1 aromatic rings. The minimum Gasteiger partial charge on any atom is -0.444 e. The molecule has 0 spiro atoms. The highest BCUT2D eigenvalue weighted by atomic mass is 19.1. The van der Waals surface area contributed by atoms with Crippen molar-refractivity contribution in [3.05, 3.63) is 24.1 Å². The van der Waals surface area contributed by atoms with E-state index in [1.165, 1.54) is 6.07 Å². The summed E-state index contributed by atoms with van der Waals surface area (Å²) < 4.78 is 19.0. The predicted molar refractivity (Wildman–Crippen MR) is 78.8 cm³/mol. The quantitative estimate of drug-likeness (QED) is 0.931. The number of rotatable bonds is 3. The Morgan fingerprint density at radius 2 is 2.33 bits per heavy atom. The second kappa shape index (κ2) is 6.28. The fourth-order valence-corrected chi connectivity index (χ4v) is 2.43. The molecule has 1 aromatic heterocycles. The van der Waals surface area contributed by atoms with Crippen LogP contribution >= 0.6 is 0 Å². The van der Waals surface area contributed by atoms with Gasteiger partial charge in [0.1, 0.15) is 5.60 Å². The van der Waals surface area contributed by atoms with Gasteiger partial charge in [-0.05, 0) is 45.7 Å². The van der Waals surface area contributed by atoms with Crippen LogP contribution < -0.4 is 10.2 Å². The second-order valence-corrected chi connectivity index (χ2v) is 6.18. The summed E-state index contributed by atoms with van der Waals surface area (Å²) in [5.41, 5.74) is -0.521. The van der Waals surface area contributed by atoms with Crippen LogP contribution in [0.15, 0.2) is 18.3 Å². The Hall–Kier alpha value is -1.85. The van der Waals surface area contributed by atoms with Crippen molar-refractivity contribution >= 4 is 11.9 Å². The van der Waals surface area contributed by atoms with E-state index in [0.29, 0.717) is 12.4 Å². The third-order valence-corrected chi connectivity index (χ3v) is 3.27. The van der Waals surface area contributed by atoms with Gasteiger partial charge in [-0.15, -0.1) is 0 Å². The van der Waals surface area contributed by atoms with Crippen LogP contribution in [0.5, 0.6) is 0 Å². The number of ether oxygens (including phenoxy) is 1. The molecule has 2 heterocycles. The SMILES string of the molecule is CC(C)(C)OC(=O)NCC1CCCN1c1ncccc1F. The Balaban J connectivity index is 1.94. The summed E-state index contributed by atoms with van der Waals surface area (Å²) in [7, 11) is 0. The molecule has 0 bridgehead atoms. The average Bonchev–Trinajstić information content (AvgIpc) is 2.83. The Morgan fingerprint density at radius 3 is 3.00 bits per heavy atom. The number of nitrogens with one attached hydrogen (secondary N) is 1. The standard InChI is InChI=1S/C15H22FN3O2/c1-15(2,3)21-14(20)18-10-11-6-5-9-19(11)13-12(16)7-4-8-17-13/h4,7-8,11H,5-6,9-10H2,1-3H3,(H,18,20). The molecule has 1 amide bonds. The zero-order valence-corrected chi connectivity index (χ0v) is 12.7. The van der Waals surface area contributed by atoms with Crippen molar-refractivity contribution in [1.82, 2.24) is 10.3 Å². The number of carbonyl (C=O) groups is 1. The molecule has 21 heavy (non-hydrogen) atoms. The summed E-state index contributed by atoms with van der Waals surface area (Å²) in [6.45, 7) is 6.62. The zero-order chi connectivity index (χ0) is 15.5.